The lowest BCUT2D eigenvalue weighted by Gasteiger charge is -2.65. The van der Waals surface area contributed by atoms with Gasteiger partial charge in [0.05, 0.1) is 6.10 Å². The quantitative estimate of drug-likeness (QED) is 0.609. The van der Waals surface area contributed by atoms with Crippen molar-refractivity contribution in [3.05, 3.63) is 36.0 Å². The molecule has 7 atom stereocenters. The molecule has 0 radical (unpaired) electrons. The van der Waals surface area contributed by atoms with E-state index in [1.807, 2.05) is 0 Å². The minimum Gasteiger partial charge on any atom is -0.391 e. The van der Waals surface area contributed by atoms with Crippen LogP contribution in [0, 0.1) is 17.3 Å². The predicted molar refractivity (Wildman–Crippen MR) is 120 cm³/mol. The molecule has 29 heavy (non-hydrogen) atoms. The van der Waals surface area contributed by atoms with Crippen LogP contribution in [0.1, 0.15) is 64.2 Å². The van der Waals surface area contributed by atoms with Crippen LogP contribution < -0.4 is 0 Å². The highest BCUT2D eigenvalue weighted by Crippen LogP contribution is 2.57. The molecule has 2 fully saturated rings. The summed E-state index contributed by atoms with van der Waals surface area (Å²) in [6.45, 7) is 5.68. The third-order valence-electron chi connectivity index (χ3n) is 8.51. The molecular formula is C26H40N2O. The summed E-state index contributed by atoms with van der Waals surface area (Å²) in [6, 6.07) is 0.551. The maximum atomic E-state index is 11.4. The standard InChI is InChI=1S/C26H40N2O/c29-23-19-27-15-11-7-3-1-5-9-13-21-17-22-18-28-16-12-8-4-2-6-10-14-26(20-27,24(22)23)25(21)28/h1-2,5-6,17,22-25,29H,3-4,7-16,18-20H2/b5-1-,6-2-/t22-,23-,24?,25-,26?/m1/s1. The Kier molecular flexibility index (Phi) is 6.00. The maximum absolute atomic E-state index is 11.4. The summed E-state index contributed by atoms with van der Waals surface area (Å²) < 4.78 is 0. The molecule has 160 valence electrons. The SMILES string of the molecule is O[C@@H]1CN2CCCC/C=C\CCC3=C[C@@H]4CN5CCCC/C=C\CCC(C2)(C14)[C@@H]35. The van der Waals surface area contributed by atoms with Crippen molar-refractivity contribution in [2.45, 2.75) is 76.4 Å². The monoisotopic (exact) mass is 396 g/mol. The molecule has 1 aliphatic carbocycles. The van der Waals surface area contributed by atoms with Crippen molar-refractivity contribution in [3.63, 3.8) is 0 Å². The van der Waals surface area contributed by atoms with Crippen LogP contribution in [-0.4, -0.2) is 59.8 Å². The topological polar surface area (TPSA) is 26.7 Å². The van der Waals surface area contributed by atoms with Crippen LogP contribution in [0.4, 0.5) is 0 Å². The molecular weight excluding hydrogens is 356 g/mol. The molecule has 0 saturated carbocycles. The average Bonchev–Trinajstić information content (AvgIpc) is 2.73. The molecule has 0 amide bonds. The van der Waals surface area contributed by atoms with Crippen LogP contribution in [0.25, 0.3) is 0 Å². The average molecular weight is 397 g/mol. The Bertz CT molecular complexity index is 668. The van der Waals surface area contributed by atoms with Crippen LogP contribution in [0.3, 0.4) is 0 Å². The molecule has 0 aromatic carbocycles. The number of rotatable bonds is 0. The highest BCUT2D eigenvalue weighted by molar-refractivity contribution is 5.31. The van der Waals surface area contributed by atoms with Gasteiger partial charge >= 0.3 is 0 Å². The largest absolute Gasteiger partial charge is 0.391 e. The van der Waals surface area contributed by atoms with Gasteiger partial charge in [0.25, 0.3) is 0 Å². The zero-order valence-electron chi connectivity index (χ0n) is 18.1. The lowest BCUT2D eigenvalue weighted by atomic mass is 9.51. The zero-order valence-corrected chi connectivity index (χ0v) is 18.1. The van der Waals surface area contributed by atoms with Gasteiger partial charge in [-0.2, -0.15) is 0 Å². The summed E-state index contributed by atoms with van der Waals surface area (Å²) in [5.41, 5.74) is 1.94. The van der Waals surface area contributed by atoms with E-state index < -0.39 is 0 Å². The smallest absolute Gasteiger partial charge is 0.0707 e. The van der Waals surface area contributed by atoms with Gasteiger partial charge in [0.15, 0.2) is 0 Å². The maximum Gasteiger partial charge on any atom is 0.0707 e. The van der Waals surface area contributed by atoms with Crippen LogP contribution in [0.5, 0.6) is 0 Å². The number of aliphatic hydroxyl groups excluding tert-OH is 1. The summed E-state index contributed by atoms with van der Waals surface area (Å²) >= 11 is 0. The van der Waals surface area contributed by atoms with E-state index in [1.54, 1.807) is 5.57 Å². The van der Waals surface area contributed by atoms with Gasteiger partial charge in [-0.05, 0) is 83.2 Å². The van der Waals surface area contributed by atoms with E-state index in [-0.39, 0.29) is 11.5 Å². The van der Waals surface area contributed by atoms with Gasteiger partial charge in [0.1, 0.15) is 0 Å². The Hall–Kier alpha value is -0.900. The fraction of sp³-hybridized carbons (Fsp3) is 0.769. The van der Waals surface area contributed by atoms with E-state index in [0.717, 1.165) is 13.1 Å². The van der Waals surface area contributed by atoms with Crippen molar-refractivity contribution >= 4 is 0 Å². The predicted octanol–water partition coefficient (Wildman–Crippen LogP) is 4.55. The lowest BCUT2D eigenvalue weighted by molar-refractivity contribution is -0.160. The number of aliphatic hydroxyl groups is 1. The molecule has 6 bridgehead atoms. The first-order chi connectivity index (χ1) is 14.3. The van der Waals surface area contributed by atoms with Crippen LogP contribution in [0.15, 0.2) is 36.0 Å². The van der Waals surface area contributed by atoms with Gasteiger partial charge < -0.3 is 10.0 Å². The Morgan fingerprint density at radius 3 is 2.48 bits per heavy atom. The highest BCUT2D eigenvalue weighted by Gasteiger charge is 2.61. The van der Waals surface area contributed by atoms with E-state index in [0.29, 0.717) is 17.9 Å². The second-order valence-corrected chi connectivity index (χ2v) is 10.4. The Morgan fingerprint density at radius 1 is 0.862 bits per heavy atom. The molecule has 3 heteroatoms. The normalized spacial score (nSPS) is 47.7. The van der Waals surface area contributed by atoms with Crippen molar-refractivity contribution in [2.24, 2.45) is 17.3 Å². The number of nitrogens with zero attached hydrogens (tertiary/aromatic N) is 2. The van der Waals surface area contributed by atoms with Crippen LogP contribution >= 0.6 is 0 Å². The number of fused-ring (bicyclic) bond motifs is 1. The highest BCUT2D eigenvalue weighted by atomic mass is 16.3. The molecule has 6 aliphatic rings. The number of piperidine rings is 2. The van der Waals surface area contributed by atoms with E-state index in [4.69, 9.17) is 0 Å². The van der Waals surface area contributed by atoms with Gasteiger partial charge in [-0.15, -0.1) is 0 Å². The molecule has 0 aromatic heterocycles. The van der Waals surface area contributed by atoms with Crippen molar-refractivity contribution < 1.29 is 5.11 Å². The molecule has 4 unspecified atom stereocenters. The minimum atomic E-state index is -0.159. The van der Waals surface area contributed by atoms with Gasteiger partial charge in [0, 0.05) is 37.0 Å². The van der Waals surface area contributed by atoms with E-state index >= 15 is 0 Å². The third kappa shape index (κ3) is 3.79. The zero-order chi connectivity index (χ0) is 19.7. The first-order valence-corrected chi connectivity index (χ1v) is 12.4. The van der Waals surface area contributed by atoms with E-state index in [2.05, 4.69) is 40.2 Å². The molecule has 3 nitrogen and oxygen atoms in total. The van der Waals surface area contributed by atoms with Crippen LogP contribution in [-0.2, 0) is 0 Å². The number of hydrogen-bond donors (Lipinski definition) is 1. The van der Waals surface area contributed by atoms with Gasteiger partial charge in [-0.1, -0.05) is 36.0 Å². The Balaban J connectivity index is 1.57. The van der Waals surface area contributed by atoms with Crippen molar-refractivity contribution in [3.8, 4) is 0 Å². The summed E-state index contributed by atoms with van der Waals surface area (Å²) in [5, 5.41) is 11.4. The van der Waals surface area contributed by atoms with Gasteiger partial charge in [0.2, 0.25) is 0 Å². The van der Waals surface area contributed by atoms with Gasteiger partial charge in [-0.3, -0.25) is 4.90 Å². The second kappa shape index (κ2) is 8.69. The summed E-state index contributed by atoms with van der Waals surface area (Å²) in [4.78, 5) is 5.50. The minimum absolute atomic E-state index is 0.159. The molecule has 1 N–H and O–H groups in total. The molecule has 5 aliphatic heterocycles. The van der Waals surface area contributed by atoms with Crippen LogP contribution in [0.2, 0.25) is 0 Å². The van der Waals surface area contributed by atoms with Crippen molar-refractivity contribution in [2.75, 3.05) is 32.7 Å². The summed E-state index contributed by atoms with van der Waals surface area (Å²) in [5.74, 6) is 1.00. The van der Waals surface area contributed by atoms with Crippen molar-refractivity contribution in [1.29, 1.82) is 0 Å². The first-order valence-electron chi connectivity index (χ1n) is 12.4. The Labute approximate surface area is 177 Å². The number of hydrogen-bond acceptors (Lipinski definition) is 3. The third-order valence-corrected chi connectivity index (χ3v) is 8.51. The van der Waals surface area contributed by atoms with Gasteiger partial charge in [-0.25, -0.2) is 0 Å². The second-order valence-electron chi connectivity index (χ2n) is 10.4. The fourth-order valence-corrected chi connectivity index (χ4v) is 7.55. The molecule has 1 spiro atoms. The molecule has 6 rings (SSSR count). The van der Waals surface area contributed by atoms with E-state index in [1.165, 1.54) is 83.8 Å². The Morgan fingerprint density at radius 2 is 1.62 bits per heavy atom. The summed E-state index contributed by atoms with van der Waals surface area (Å²) in [6.07, 6.45) is 24.7. The summed E-state index contributed by atoms with van der Waals surface area (Å²) in [7, 11) is 0. The van der Waals surface area contributed by atoms with E-state index in [9.17, 15) is 5.11 Å². The first kappa shape index (κ1) is 20.0. The molecule has 5 heterocycles. The lowest BCUT2D eigenvalue weighted by Crippen LogP contribution is -2.72. The number of allylic oxidation sites excluding steroid dienone is 4. The fourth-order valence-electron chi connectivity index (χ4n) is 7.55. The van der Waals surface area contributed by atoms with Crippen molar-refractivity contribution in [1.82, 2.24) is 9.80 Å². The molecule has 2 saturated heterocycles. The molecule has 0 aromatic rings.